The Bertz CT molecular complexity index is 985. The molecule has 1 amide bonds. The second kappa shape index (κ2) is 9.29. The summed E-state index contributed by atoms with van der Waals surface area (Å²) in [5.74, 6) is 0.104. The van der Waals surface area contributed by atoms with Crippen molar-refractivity contribution in [2.24, 2.45) is 0 Å². The Morgan fingerprint density at radius 2 is 1.70 bits per heavy atom. The summed E-state index contributed by atoms with van der Waals surface area (Å²) in [7, 11) is -3.46. The highest BCUT2D eigenvalue weighted by Crippen LogP contribution is 2.27. The van der Waals surface area contributed by atoms with Gasteiger partial charge in [-0.3, -0.25) is 4.79 Å². The van der Waals surface area contributed by atoms with Gasteiger partial charge in [-0.05, 0) is 44.0 Å². The van der Waals surface area contributed by atoms with Crippen LogP contribution in [-0.4, -0.2) is 44.3 Å². The zero-order valence-electron chi connectivity index (χ0n) is 18.2. The molecule has 0 aliphatic carbocycles. The second-order valence-corrected chi connectivity index (χ2v) is 9.73. The first-order valence-electron chi connectivity index (χ1n) is 10.6. The number of para-hydroxylation sites is 1. The van der Waals surface area contributed by atoms with Crippen molar-refractivity contribution < 1.29 is 18.5 Å². The van der Waals surface area contributed by atoms with Crippen molar-refractivity contribution in [1.29, 1.82) is 0 Å². The fourth-order valence-corrected chi connectivity index (χ4v) is 5.55. The molecule has 0 saturated carbocycles. The monoisotopic (exact) mass is 430 g/mol. The van der Waals surface area contributed by atoms with Crippen LogP contribution in [0, 0.1) is 0 Å². The predicted octanol–water partition coefficient (Wildman–Crippen LogP) is 2.32. The van der Waals surface area contributed by atoms with Crippen LogP contribution >= 0.6 is 0 Å². The highest BCUT2D eigenvalue weighted by molar-refractivity contribution is 7.89. The first kappa shape index (κ1) is 22.5. The van der Waals surface area contributed by atoms with Crippen LogP contribution in [-0.2, 0) is 21.2 Å². The quantitative estimate of drug-likeness (QED) is 0.698. The molecular weight excluding hydrogens is 398 g/mol. The van der Waals surface area contributed by atoms with Crippen LogP contribution in [0.2, 0.25) is 0 Å². The van der Waals surface area contributed by atoms with Gasteiger partial charge in [0.1, 0.15) is 6.04 Å². The molecule has 0 saturated heterocycles. The SMILES string of the molecule is CCN(CC)S(=O)(=O)c1ccc([C@H](C)[NH2+][C@@H](C)C(=O)N2CCc3ccccc32)cc1. The van der Waals surface area contributed by atoms with E-state index in [2.05, 4.69) is 6.07 Å². The van der Waals surface area contributed by atoms with E-state index in [1.807, 2.05) is 68.2 Å². The van der Waals surface area contributed by atoms with Crippen LogP contribution < -0.4 is 10.2 Å². The average molecular weight is 431 g/mol. The standard InChI is InChI=1S/C23H31N3O3S/c1-5-25(6-2)30(28,29)21-13-11-19(12-14-21)17(3)24-18(4)23(27)26-16-15-20-9-7-8-10-22(20)26/h7-14,17-18,24H,5-6,15-16H2,1-4H3/p+1/t17-,18-/m0/s1. The molecule has 0 spiro atoms. The fourth-order valence-electron chi connectivity index (χ4n) is 4.10. The van der Waals surface area contributed by atoms with E-state index < -0.39 is 10.0 Å². The Kier molecular flexibility index (Phi) is 6.95. The minimum atomic E-state index is -3.46. The van der Waals surface area contributed by atoms with E-state index >= 15 is 0 Å². The number of nitrogens with two attached hydrogens (primary N) is 1. The van der Waals surface area contributed by atoms with Crippen LogP contribution in [0.15, 0.2) is 53.4 Å². The lowest BCUT2D eigenvalue weighted by Crippen LogP contribution is -2.92. The van der Waals surface area contributed by atoms with Gasteiger partial charge in [0.2, 0.25) is 10.0 Å². The van der Waals surface area contributed by atoms with Crippen LogP contribution in [0.1, 0.15) is 44.9 Å². The van der Waals surface area contributed by atoms with E-state index in [0.717, 1.165) is 24.2 Å². The molecule has 1 aliphatic heterocycles. The molecule has 3 rings (SSSR count). The van der Waals surface area contributed by atoms with E-state index in [0.29, 0.717) is 18.0 Å². The third kappa shape index (κ3) is 4.43. The number of quaternary nitrogens is 1. The van der Waals surface area contributed by atoms with Crippen molar-refractivity contribution in [2.45, 2.75) is 51.1 Å². The molecule has 2 N–H and O–H groups in total. The molecule has 1 aliphatic rings. The number of amides is 1. The van der Waals surface area contributed by atoms with Crippen LogP contribution in [0.4, 0.5) is 5.69 Å². The van der Waals surface area contributed by atoms with Crippen LogP contribution in [0.3, 0.4) is 0 Å². The zero-order chi connectivity index (χ0) is 21.9. The number of benzene rings is 2. The van der Waals surface area contributed by atoms with E-state index in [9.17, 15) is 13.2 Å². The summed E-state index contributed by atoms with van der Waals surface area (Å²) in [5.41, 5.74) is 3.23. The van der Waals surface area contributed by atoms with E-state index in [4.69, 9.17) is 0 Å². The normalized spacial score (nSPS) is 15.8. The maximum Gasteiger partial charge on any atom is 0.284 e. The Morgan fingerprint density at radius 1 is 1.07 bits per heavy atom. The van der Waals surface area contributed by atoms with Crippen LogP contribution in [0.5, 0.6) is 0 Å². The zero-order valence-corrected chi connectivity index (χ0v) is 19.0. The first-order valence-corrected chi connectivity index (χ1v) is 12.1. The summed E-state index contributed by atoms with van der Waals surface area (Å²) in [5, 5.41) is 2.04. The van der Waals surface area contributed by atoms with Gasteiger partial charge in [-0.2, -0.15) is 4.31 Å². The highest BCUT2D eigenvalue weighted by Gasteiger charge is 2.31. The Labute approximate surface area is 179 Å². The molecule has 2 aromatic rings. The number of rotatable bonds is 8. The summed E-state index contributed by atoms with van der Waals surface area (Å²) in [4.78, 5) is 15.2. The van der Waals surface area contributed by atoms with Gasteiger partial charge in [-0.1, -0.05) is 44.2 Å². The van der Waals surface area contributed by atoms with Crippen molar-refractivity contribution in [3.63, 3.8) is 0 Å². The number of carbonyl (C=O) groups is 1. The van der Waals surface area contributed by atoms with Gasteiger partial charge in [0.05, 0.1) is 4.90 Å². The Hall–Kier alpha value is -2.22. The number of fused-ring (bicyclic) bond motifs is 1. The van der Waals surface area contributed by atoms with E-state index in [-0.39, 0.29) is 18.0 Å². The molecule has 0 aromatic heterocycles. The second-order valence-electron chi connectivity index (χ2n) is 7.80. The largest absolute Gasteiger partial charge is 0.330 e. The van der Waals surface area contributed by atoms with Gasteiger partial charge >= 0.3 is 0 Å². The number of carbonyl (C=O) groups excluding carboxylic acids is 1. The van der Waals surface area contributed by atoms with Crippen molar-refractivity contribution in [1.82, 2.24) is 4.31 Å². The molecular formula is C23H32N3O3S+. The van der Waals surface area contributed by atoms with Crippen molar-refractivity contribution in [3.8, 4) is 0 Å². The molecule has 30 heavy (non-hydrogen) atoms. The van der Waals surface area contributed by atoms with Gasteiger partial charge in [0.25, 0.3) is 5.91 Å². The summed E-state index contributed by atoms with van der Waals surface area (Å²) in [6.07, 6.45) is 0.895. The predicted molar refractivity (Wildman–Crippen MR) is 119 cm³/mol. The number of hydrogen-bond donors (Lipinski definition) is 1. The van der Waals surface area contributed by atoms with Gasteiger partial charge in [0.15, 0.2) is 6.04 Å². The van der Waals surface area contributed by atoms with Gasteiger partial charge in [0, 0.05) is 30.9 Å². The first-order chi connectivity index (χ1) is 14.3. The number of hydrogen-bond acceptors (Lipinski definition) is 3. The van der Waals surface area contributed by atoms with Gasteiger partial charge in [-0.25, -0.2) is 8.42 Å². The van der Waals surface area contributed by atoms with Crippen molar-refractivity contribution >= 4 is 21.6 Å². The molecule has 0 unspecified atom stereocenters. The topological polar surface area (TPSA) is 74.3 Å². The lowest BCUT2D eigenvalue weighted by molar-refractivity contribution is -0.710. The summed E-state index contributed by atoms with van der Waals surface area (Å²) < 4.78 is 26.8. The minimum absolute atomic E-state index is 0.0343. The molecule has 162 valence electrons. The fraction of sp³-hybridized carbons (Fsp3) is 0.435. The molecule has 1 heterocycles. The average Bonchev–Trinajstić information content (AvgIpc) is 3.18. The molecule has 0 bridgehead atoms. The molecule has 0 radical (unpaired) electrons. The summed E-state index contributed by atoms with van der Waals surface area (Å²) >= 11 is 0. The lowest BCUT2D eigenvalue weighted by Gasteiger charge is -2.23. The van der Waals surface area contributed by atoms with Crippen LogP contribution in [0.25, 0.3) is 0 Å². The van der Waals surface area contributed by atoms with E-state index in [1.54, 1.807) is 12.1 Å². The van der Waals surface area contributed by atoms with Crippen molar-refractivity contribution in [3.05, 3.63) is 59.7 Å². The third-order valence-corrected chi connectivity index (χ3v) is 7.93. The smallest absolute Gasteiger partial charge is 0.284 e. The molecule has 0 fully saturated rings. The maximum atomic E-state index is 13.0. The molecule has 6 nitrogen and oxygen atoms in total. The summed E-state index contributed by atoms with van der Waals surface area (Å²) in [6, 6.07) is 14.9. The maximum absolute atomic E-state index is 13.0. The molecule has 2 atom stereocenters. The van der Waals surface area contributed by atoms with Gasteiger partial charge < -0.3 is 10.2 Å². The molecule has 7 heteroatoms. The summed E-state index contributed by atoms with van der Waals surface area (Å²) in [6.45, 7) is 9.26. The Morgan fingerprint density at radius 3 is 2.33 bits per heavy atom. The van der Waals surface area contributed by atoms with E-state index in [1.165, 1.54) is 9.87 Å². The number of nitrogens with zero attached hydrogens (tertiary/aromatic N) is 2. The third-order valence-electron chi connectivity index (χ3n) is 5.87. The minimum Gasteiger partial charge on any atom is -0.330 e. The number of anilines is 1. The molecule has 2 aromatic carbocycles. The van der Waals surface area contributed by atoms with Crippen molar-refractivity contribution in [2.75, 3.05) is 24.5 Å². The number of sulfonamides is 1. The van der Waals surface area contributed by atoms with Gasteiger partial charge in [-0.15, -0.1) is 0 Å². The highest BCUT2D eigenvalue weighted by atomic mass is 32.2. The Balaban J connectivity index is 1.67. The lowest BCUT2D eigenvalue weighted by atomic mass is 10.1.